The van der Waals surface area contributed by atoms with Gasteiger partial charge in [-0.15, -0.1) is 0 Å². The summed E-state index contributed by atoms with van der Waals surface area (Å²) in [6.07, 6.45) is -0.747. The maximum atomic E-state index is 13.5. The Bertz CT molecular complexity index is 1050. The fourth-order valence-electron chi connectivity index (χ4n) is 3.89. The van der Waals surface area contributed by atoms with Crippen LogP contribution in [0, 0.1) is 5.82 Å². The molecule has 6 heteroatoms. The van der Waals surface area contributed by atoms with Crippen molar-refractivity contribution in [2.75, 3.05) is 13.2 Å². The molecule has 0 bridgehead atoms. The summed E-state index contributed by atoms with van der Waals surface area (Å²) in [5.41, 5.74) is 4.85. The molecule has 1 N–H and O–H groups in total. The zero-order chi connectivity index (χ0) is 21.1. The van der Waals surface area contributed by atoms with E-state index < -0.39 is 24.4 Å². The molecule has 3 aromatic rings. The summed E-state index contributed by atoms with van der Waals surface area (Å²) in [5, 5.41) is 9.18. The first-order chi connectivity index (χ1) is 14.5. The molecule has 0 aliphatic heterocycles. The zero-order valence-electron chi connectivity index (χ0n) is 16.1. The van der Waals surface area contributed by atoms with Gasteiger partial charge in [-0.1, -0.05) is 60.7 Å². The monoisotopic (exact) mass is 405 g/mol. The predicted octanol–water partition coefficient (Wildman–Crippen LogP) is 4.66. The minimum atomic E-state index is -1.17. The van der Waals surface area contributed by atoms with Crippen molar-refractivity contribution >= 4 is 12.1 Å². The van der Waals surface area contributed by atoms with E-state index >= 15 is 0 Å². The van der Waals surface area contributed by atoms with E-state index in [1.54, 1.807) is 6.07 Å². The second kappa shape index (κ2) is 8.37. The number of carboxylic acid groups (broad SMARTS) is 1. The largest absolute Gasteiger partial charge is 0.480 e. The summed E-state index contributed by atoms with van der Waals surface area (Å²) in [5.74, 6) is -1.74. The van der Waals surface area contributed by atoms with Gasteiger partial charge in [0.1, 0.15) is 19.0 Å². The highest BCUT2D eigenvalue weighted by Crippen LogP contribution is 2.44. The van der Waals surface area contributed by atoms with Crippen molar-refractivity contribution in [2.45, 2.75) is 12.5 Å². The van der Waals surface area contributed by atoms with E-state index in [2.05, 4.69) is 0 Å². The molecule has 1 amide bonds. The Morgan fingerprint density at radius 2 is 1.57 bits per heavy atom. The third-order valence-electron chi connectivity index (χ3n) is 5.18. The average molecular weight is 405 g/mol. The van der Waals surface area contributed by atoms with Crippen LogP contribution in [0.5, 0.6) is 0 Å². The number of hydrogen-bond acceptors (Lipinski definition) is 3. The molecule has 0 radical (unpaired) electrons. The molecule has 0 fully saturated rings. The van der Waals surface area contributed by atoms with Gasteiger partial charge in [0.25, 0.3) is 0 Å². The Labute approximate surface area is 173 Å². The lowest BCUT2D eigenvalue weighted by molar-refractivity contribution is -0.138. The first-order valence-corrected chi connectivity index (χ1v) is 9.59. The van der Waals surface area contributed by atoms with Crippen molar-refractivity contribution in [1.82, 2.24) is 4.90 Å². The minimum Gasteiger partial charge on any atom is -0.480 e. The van der Waals surface area contributed by atoms with Gasteiger partial charge in [-0.05, 0) is 39.9 Å². The van der Waals surface area contributed by atoms with Gasteiger partial charge in [0, 0.05) is 12.5 Å². The summed E-state index contributed by atoms with van der Waals surface area (Å²) in [4.78, 5) is 25.0. The van der Waals surface area contributed by atoms with Crippen LogP contribution >= 0.6 is 0 Å². The summed E-state index contributed by atoms with van der Waals surface area (Å²) in [7, 11) is 0. The van der Waals surface area contributed by atoms with Crippen LogP contribution in [0.15, 0.2) is 72.8 Å². The van der Waals surface area contributed by atoms with Crippen LogP contribution in [0.4, 0.5) is 9.18 Å². The molecular formula is C24H20FNO4. The highest BCUT2D eigenvalue weighted by Gasteiger charge is 2.30. The number of halogens is 1. The minimum absolute atomic E-state index is 0.0548. The second-order valence-corrected chi connectivity index (χ2v) is 7.18. The van der Waals surface area contributed by atoms with Crippen molar-refractivity contribution in [3.05, 3.63) is 95.3 Å². The molecule has 1 aliphatic carbocycles. The first kappa shape index (κ1) is 19.6. The van der Waals surface area contributed by atoms with Crippen LogP contribution in [0.3, 0.4) is 0 Å². The van der Waals surface area contributed by atoms with Gasteiger partial charge in [-0.2, -0.15) is 0 Å². The quantitative estimate of drug-likeness (QED) is 0.648. The Balaban J connectivity index is 1.51. The van der Waals surface area contributed by atoms with E-state index in [1.165, 1.54) is 18.2 Å². The van der Waals surface area contributed by atoms with Gasteiger partial charge in [0.15, 0.2) is 0 Å². The molecule has 0 saturated heterocycles. The SMILES string of the molecule is O=C(O)CN(Cc1cccc(F)c1)C(=O)OCC1c2ccccc2-c2ccccc21. The van der Waals surface area contributed by atoms with Crippen molar-refractivity contribution in [3.8, 4) is 11.1 Å². The number of ether oxygens (including phenoxy) is 1. The molecule has 0 atom stereocenters. The number of carbonyl (C=O) groups excluding carboxylic acids is 1. The molecule has 1 aliphatic rings. The van der Waals surface area contributed by atoms with Crippen molar-refractivity contribution in [1.29, 1.82) is 0 Å². The van der Waals surface area contributed by atoms with Crippen molar-refractivity contribution < 1.29 is 23.8 Å². The highest BCUT2D eigenvalue weighted by molar-refractivity contribution is 5.79. The maximum absolute atomic E-state index is 13.5. The summed E-state index contributed by atoms with van der Waals surface area (Å²) < 4.78 is 19.0. The van der Waals surface area contributed by atoms with Crippen LogP contribution in [0.1, 0.15) is 22.6 Å². The number of benzene rings is 3. The lowest BCUT2D eigenvalue weighted by Gasteiger charge is -2.22. The molecule has 0 unspecified atom stereocenters. The first-order valence-electron chi connectivity index (χ1n) is 9.59. The van der Waals surface area contributed by atoms with E-state index in [-0.39, 0.29) is 19.1 Å². The summed E-state index contributed by atoms with van der Waals surface area (Å²) >= 11 is 0. The van der Waals surface area contributed by atoms with Crippen molar-refractivity contribution in [3.63, 3.8) is 0 Å². The maximum Gasteiger partial charge on any atom is 0.410 e. The summed E-state index contributed by atoms with van der Waals surface area (Å²) in [6.45, 7) is -0.500. The van der Waals surface area contributed by atoms with E-state index in [1.807, 2.05) is 48.5 Å². The van der Waals surface area contributed by atoms with Gasteiger partial charge in [0.05, 0.1) is 0 Å². The van der Waals surface area contributed by atoms with Gasteiger partial charge < -0.3 is 9.84 Å². The smallest absolute Gasteiger partial charge is 0.410 e. The Morgan fingerprint density at radius 1 is 0.933 bits per heavy atom. The molecule has 0 saturated carbocycles. The van der Waals surface area contributed by atoms with Gasteiger partial charge >= 0.3 is 12.1 Å². The fourth-order valence-corrected chi connectivity index (χ4v) is 3.89. The lowest BCUT2D eigenvalue weighted by atomic mass is 9.98. The number of carboxylic acids is 1. The summed E-state index contributed by atoms with van der Waals surface area (Å²) in [6, 6.07) is 21.6. The molecule has 152 valence electrons. The standard InChI is InChI=1S/C24H20FNO4/c25-17-7-5-6-16(12-17)13-26(14-23(27)28)24(29)30-15-22-20-10-3-1-8-18(20)19-9-2-4-11-21(19)22/h1-12,22H,13-15H2,(H,27,28). The fraction of sp³-hybridized carbons (Fsp3) is 0.167. The van der Waals surface area contributed by atoms with E-state index in [0.29, 0.717) is 5.56 Å². The number of carbonyl (C=O) groups is 2. The molecule has 30 heavy (non-hydrogen) atoms. The van der Waals surface area contributed by atoms with Crippen LogP contribution in [0.25, 0.3) is 11.1 Å². The molecule has 4 rings (SSSR count). The molecule has 3 aromatic carbocycles. The number of amides is 1. The Kier molecular flexibility index (Phi) is 5.48. The van der Waals surface area contributed by atoms with Crippen molar-refractivity contribution in [2.24, 2.45) is 0 Å². The number of aliphatic carboxylic acids is 1. The molecular weight excluding hydrogens is 385 g/mol. The normalized spacial score (nSPS) is 12.2. The molecule has 0 heterocycles. The van der Waals surface area contributed by atoms with Crippen LogP contribution in [0.2, 0.25) is 0 Å². The van der Waals surface area contributed by atoms with E-state index in [0.717, 1.165) is 27.2 Å². The topological polar surface area (TPSA) is 66.8 Å². The van der Waals surface area contributed by atoms with E-state index in [9.17, 15) is 19.1 Å². The van der Waals surface area contributed by atoms with Gasteiger partial charge in [-0.25, -0.2) is 9.18 Å². The zero-order valence-corrected chi connectivity index (χ0v) is 16.1. The highest BCUT2D eigenvalue weighted by atomic mass is 19.1. The molecule has 0 spiro atoms. The van der Waals surface area contributed by atoms with Crippen LogP contribution < -0.4 is 0 Å². The third-order valence-corrected chi connectivity index (χ3v) is 5.18. The van der Waals surface area contributed by atoms with E-state index in [4.69, 9.17) is 4.74 Å². The number of fused-ring (bicyclic) bond motifs is 3. The number of rotatable bonds is 6. The predicted molar refractivity (Wildman–Crippen MR) is 110 cm³/mol. The second-order valence-electron chi connectivity index (χ2n) is 7.18. The molecule has 5 nitrogen and oxygen atoms in total. The third kappa shape index (κ3) is 4.03. The van der Waals surface area contributed by atoms with Gasteiger partial charge in [-0.3, -0.25) is 9.69 Å². The van der Waals surface area contributed by atoms with Crippen LogP contribution in [-0.2, 0) is 16.1 Å². The Hall–Kier alpha value is -3.67. The Morgan fingerprint density at radius 3 is 2.17 bits per heavy atom. The average Bonchev–Trinajstić information content (AvgIpc) is 3.05. The number of nitrogens with zero attached hydrogens (tertiary/aromatic N) is 1. The lowest BCUT2D eigenvalue weighted by Crippen LogP contribution is -2.36. The molecule has 0 aromatic heterocycles. The van der Waals surface area contributed by atoms with Crippen LogP contribution in [-0.4, -0.2) is 35.2 Å². The van der Waals surface area contributed by atoms with Gasteiger partial charge in [0.2, 0.25) is 0 Å². The number of hydrogen-bond donors (Lipinski definition) is 1.